The summed E-state index contributed by atoms with van der Waals surface area (Å²) in [4.78, 5) is 3.00. The van der Waals surface area contributed by atoms with E-state index in [0.717, 1.165) is 0 Å². The first-order valence-corrected chi connectivity index (χ1v) is 6.26. The molecule has 0 aliphatic carbocycles. The number of alkyl halides is 3. The van der Waals surface area contributed by atoms with Gasteiger partial charge in [-0.05, 0) is 0 Å². The number of nitrogens with zero attached hydrogens (tertiary/aromatic N) is 2. The van der Waals surface area contributed by atoms with Crippen LogP contribution in [0.15, 0.2) is 11.1 Å². The van der Waals surface area contributed by atoms with Gasteiger partial charge in [-0.1, -0.05) is 0 Å². The lowest BCUT2D eigenvalue weighted by Gasteiger charge is -2.10. The molecule has 0 bridgehead atoms. The molecule has 11 heteroatoms. The number of nitriles is 1. The molecule has 0 aliphatic rings. The molecule has 0 saturated carbocycles. The summed E-state index contributed by atoms with van der Waals surface area (Å²) in [6.07, 6.45) is -5.08. The average molecular weight is 302 g/mol. The molecule has 1 heterocycles. The Kier molecular flexibility index (Phi) is 3.59. The Morgan fingerprint density at radius 1 is 1.50 bits per heavy atom. The Hall–Kier alpha value is -1.73. The van der Waals surface area contributed by atoms with Gasteiger partial charge in [0.05, 0.1) is 5.69 Å². The van der Waals surface area contributed by atoms with Crippen molar-refractivity contribution < 1.29 is 26.3 Å². The zero-order valence-corrected chi connectivity index (χ0v) is 9.77. The van der Waals surface area contributed by atoms with Crippen LogP contribution in [0.3, 0.4) is 0 Å². The Morgan fingerprint density at radius 3 is 2.44 bits per heavy atom. The van der Waals surface area contributed by atoms with E-state index in [1.807, 2.05) is 0 Å². The van der Waals surface area contributed by atoms with Crippen molar-refractivity contribution in [2.24, 2.45) is 0 Å². The van der Waals surface area contributed by atoms with Crippen LogP contribution in [0.25, 0.3) is 0 Å². The van der Waals surface area contributed by atoms with E-state index in [0.29, 0.717) is 6.07 Å². The second kappa shape index (κ2) is 4.51. The van der Waals surface area contributed by atoms with Crippen LogP contribution in [0.1, 0.15) is 5.56 Å². The standard InChI is InChI=1S/C7H3ClF3N3O3S/c8-18(15,16)6-3(2-12)4(13)1-5(14-6)17-7(9,10)11/h1H,(H2,13,14). The second-order valence-electron chi connectivity index (χ2n) is 2.83. The molecule has 0 spiro atoms. The Bertz CT molecular complexity index is 623. The molecule has 0 aliphatic heterocycles. The SMILES string of the molecule is N#Cc1c(N)cc(OC(F)(F)F)nc1S(=O)(=O)Cl. The molecular formula is C7H3ClF3N3O3S. The number of nitrogen functional groups attached to an aromatic ring is 1. The summed E-state index contributed by atoms with van der Waals surface area (Å²) in [5.74, 6) is -1.13. The summed E-state index contributed by atoms with van der Waals surface area (Å²) < 4.78 is 61.3. The fourth-order valence-electron chi connectivity index (χ4n) is 0.977. The molecule has 0 unspecified atom stereocenters. The van der Waals surface area contributed by atoms with Crippen LogP contribution in [-0.4, -0.2) is 19.8 Å². The molecule has 0 amide bonds. The van der Waals surface area contributed by atoms with Crippen LogP contribution in [0, 0.1) is 11.3 Å². The number of aromatic nitrogens is 1. The van der Waals surface area contributed by atoms with Crippen molar-refractivity contribution in [3.05, 3.63) is 11.6 Å². The third-order valence-electron chi connectivity index (χ3n) is 1.56. The van der Waals surface area contributed by atoms with Crippen molar-refractivity contribution in [1.29, 1.82) is 5.26 Å². The van der Waals surface area contributed by atoms with E-state index in [2.05, 4.69) is 9.72 Å². The summed E-state index contributed by atoms with van der Waals surface area (Å²) in [5, 5.41) is 7.54. The van der Waals surface area contributed by atoms with E-state index in [4.69, 9.17) is 21.7 Å². The van der Waals surface area contributed by atoms with Crippen molar-refractivity contribution in [1.82, 2.24) is 4.98 Å². The predicted molar refractivity (Wildman–Crippen MR) is 53.1 cm³/mol. The maximum Gasteiger partial charge on any atom is 0.574 e. The molecular weight excluding hydrogens is 299 g/mol. The number of nitrogens with two attached hydrogens (primary N) is 1. The van der Waals surface area contributed by atoms with Gasteiger partial charge in [-0.25, -0.2) is 8.42 Å². The quantitative estimate of drug-likeness (QED) is 0.827. The van der Waals surface area contributed by atoms with E-state index in [9.17, 15) is 21.6 Å². The number of ether oxygens (including phenoxy) is 1. The molecule has 0 fully saturated rings. The maximum atomic E-state index is 11.9. The van der Waals surface area contributed by atoms with Gasteiger partial charge in [-0.2, -0.15) is 10.2 Å². The topological polar surface area (TPSA) is 106 Å². The molecule has 18 heavy (non-hydrogen) atoms. The van der Waals surface area contributed by atoms with Gasteiger partial charge < -0.3 is 10.5 Å². The van der Waals surface area contributed by atoms with Gasteiger partial charge in [0.2, 0.25) is 5.88 Å². The monoisotopic (exact) mass is 301 g/mol. The van der Waals surface area contributed by atoms with Crippen LogP contribution >= 0.6 is 10.7 Å². The number of anilines is 1. The van der Waals surface area contributed by atoms with Crippen molar-refractivity contribution >= 4 is 25.4 Å². The first kappa shape index (κ1) is 14.3. The van der Waals surface area contributed by atoms with Gasteiger partial charge in [0.25, 0.3) is 9.05 Å². The minimum Gasteiger partial charge on any atom is -0.397 e. The molecule has 98 valence electrons. The first-order chi connectivity index (χ1) is 8.04. The highest BCUT2D eigenvalue weighted by atomic mass is 35.7. The van der Waals surface area contributed by atoms with Gasteiger partial charge >= 0.3 is 6.36 Å². The van der Waals surface area contributed by atoms with Crippen molar-refractivity contribution in [3.8, 4) is 11.9 Å². The largest absolute Gasteiger partial charge is 0.574 e. The van der Waals surface area contributed by atoms with Crippen molar-refractivity contribution in [2.45, 2.75) is 11.4 Å². The van der Waals surface area contributed by atoms with Crippen molar-refractivity contribution in [3.63, 3.8) is 0 Å². The summed E-state index contributed by atoms with van der Waals surface area (Å²) in [5.41, 5.74) is 4.01. The molecule has 2 N–H and O–H groups in total. The third kappa shape index (κ3) is 3.38. The summed E-state index contributed by atoms with van der Waals surface area (Å²) in [6.45, 7) is 0. The second-order valence-corrected chi connectivity index (χ2v) is 5.31. The van der Waals surface area contributed by atoms with Gasteiger partial charge in [-0.15, -0.1) is 13.2 Å². The summed E-state index contributed by atoms with van der Waals surface area (Å²) >= 11 is 0. The predicted octanol–water partition coefficient (Wildman–Crippen LogP) is 1.36. The number of halogens is 4. The minimum atomic E-state index is -5.08. The molecule has 1 rings (SSSR count). The van der Waals surface area contributed by atoms with E-state index >= 15 is 0 Å². The van der Waals surface area contributed by atoms with Crippen LogP contribution in [-0.2, 0) is 9.05 Å². The fourth-order valence-corrected chi connectivity index (χ4v) is 1.92. The van der Waals surface area contributed by atoms with Gasteiger partial charge in [0.1, 0.15) is 11.6 Å². The zero-order chi connectivity index (χ0) is 14.1. The van der Waals surface area contributed by atoms with Gasteiger partial charge in [0.15, 0.2) is 5.03 Å². The number of hydrogen-bond donors (Lipinski definition) is 1. The number of hydrogen-bond acceptors (Lipinski definition) is 6. The summed E-state index contributed by atoms with van der Waals surface area (Å²) in [7, 11) is 0.389. The van der Waals surface area contributed by atoms with E-state index in [-0.39, 0.29) is 0 Å². The Labute approximate surface area is 103 Å². The van der Waals surface area contributed by atoms with Crippen LogP contribution in [0.4, 0.5) is 18.9 Å². The van der Waals surface area contributed by atoms with E-state index in [1.54, 1.807) is 0 Å². The van der Waals surface area contributed by atoms with Gasteiger partial charge in [0, 0.05) is 16.7 Å². The molecule has 6 nitrogen and oxygen atoms in total. The number of pyridine rings is 1. The molecule has 0 saturated heterocycles. The lowest BCUT2D eigenvalue weighted by Crippen LogP contribution is -2.19. The van der Waals surface area contributed by atoms with Crippen LogP contribution in [0.2, 0.25) is 0 Å². The Balaban J connectivity index is 3.47. The highest BCUT2D eigenvalue weighted by molar-refractivity contribution is 8.13. The first-order valence-electron chi connectivity index (χ1n) is 3.95. The van der Waals surface area contributed by atoms with Crippen molar-refractivity contribution in [2.75, 3.05) is 5.73 Å². The average Bonchev–Trinajstić information content (AvgIpc) is 2.12. The number of rotatable bonds is 2. The molecule has 0 atom stereocenters. The highest BCUT2D eigenvalue weighted by Crippen LogP contribution is 2.29. The molecule has 0 aromatic carbocycles. The molecule has 1 aromatic heterocycles. The van der Waals surface area contributed by atoms with Crippen LogP contribution < -0.4 is 10.5 Å². The van der Waals surface area contributed by atoms with E-state index in [1.165, 1.54) is 6.07 Å². The maximum absolute atomic E-state index is 11.9. The lowest BCUT2D eigenvalue weighted by molar-refractivity contribution is -0.276. The lowest BCUT2D eigenvalue weighted by atomic mass is 10.2. The highest BCUT2D eigenvalue weighted by Gasteiger charge is 2.33. The Morgan fingerprint density at radius 2 is 2.06 bits per heavy atom. The molecule has 1 aromatic rings. The summed E-state index contributed by atoms with van der Waals surface area (Å²) in [6, 6.07) is 1.94. The zero-order valence-electron chi connectivity index (χ0n) is 8.19. The smallest absolute Gasteiger partial charge is 0.397 e. The minimum absolute atomic E-state index is 0.550. The fraction of sp³-hybridized carbons (Fsp3) is 0.143. The third-order valence-corrected chi connectivity index (χ3v) is 2.75. The van der Waals surface area contributed by atoms with Crippen LogP contribution in [0.5, 0.6) is 5.88 Å². The molecule has 0 radical (unpaired) electrons. The van der Waals surface area contributed by atoms with Gasteiger partial charge in [-0.3, -0.25) is 0 Å². The normalized spacial score (nSPS) is 11.9. The van der Waals surface area contributed by atoms with E-state index < -0.39 is 37.6 Å².